The molecular weight excluding hydrogens is 376 g/mol. The maximum atomic E-state index is 12.9. The van der Waals surface area contributed by atoms with Crippen molar-refractivity contribution in [3.63, 3.8) is 0 Å². The maximum absolute atomic E-state index is 12.9. The van der Waals surface area contributed by atoms with Crippen LogP contribution in [0.4, 0.5) is 0 Å². The van der Waals surface area contributed by atoms with Crippen LogP contribution in [-0.2, 0) is 0 Å². The molecule has 6 nitrogen and oxygen atoms in total. The van der Waals surface area contributed by atoms with Gasteiger partial charge in [-0.2, -0.15) is 5.10 Å². The van der Waals surface area contributed by atoms with E-state index in [2.05, 4.69) is 16.0 Å². The molecule has 0 atom stereocenters. The molecule has 0 spiro atoms. The average molecular weight is 396 g/mol. The van der Waals surface area contributed by atoms with E-state index in [-0.39, 0.29) is 0 Å². The molecule has 2 amide bonds. The van der Waals surface area contributed by atoms with Gasteiger partial charge in [0, 0.05) is 17.3 Å². The predicted octanol–water partition coefficient (Wildman–Crippen LogP) is 3.92. The summed E-state index contributed by atoms with van der Waals surface area (Å²) >= 11 is 0. The second kappa shape index (κ2) is 8.45. The number of amides is 2. The van der Waals surface area contributed by atoms with Gasteiger partial charge in [-0.1, -0.05) is 60.2 Å². The van der Waals surface area contributed by atoms with Crippen LogP contribution in [0.15, 0.2) is 91.1 Å². The predicted molar refractivity (Wildman–Crippen MR) is 115 cm³/mol. The molecule has 0 aliphatic rings. The summed E-state index contributed by atoms with van der Waals surface area (Å²) in [5, 5.41) is 4.64. The van der Waals surface area contributed by atoms with Crippen molar-refractivity contribution < 1.29 is 9.59 Å². The van der Waals surface area contributed by atoms with Crippen LogP contribution >= 0.6 is 0 Å². The monoisotopic (exact) mass is 396 g/mol. The van der Waals surface area contributed by atoms with Crippen LogP contribution in [-0.4, -0.2) is 21.6 Å². The molecule has 0 saturated heterocycles. The van der Waals surface area contributed by atoms with Gasteiger partial charge in [0.05, 0.1) is 11.3 Å². The minimum atomic E-state index is -0.446. The van der Waals surface area contributed by atoms with Gasteiger partial charge >= 0.3 is 0 Å². The number of hydrazine groups is 1. The number of nitrogens with zero attached hydrogens (tertiary/aromatic N) is 2. The Balaban J connectivity index is 1.64. The second-order valence-corrected chi connectivity index (χ2v) is 6.82. The van der Waals surface area contributed by atoms with E-state index in [0.29, 0.717) is 16.8 Å². The minimum Gasteiger partial charge on any atom is -0.267 e. The third kappa shape index (κ3) is 4.12. The van der Waals surface area contributed by atoms with Crippen LogP contribution in [0.25, 0.3) is 16.9 Å². The van der Waals surface area contributed by atoms with Crippen molar-refractivity contribution in [2.24, 2.45) is 0 Å². The summed E-state index contributed by atoms with van der Waals surface area (Å²) in [7, 11) is 0. The molecule has 4 aromatic rings. The summed E-state index contributed by atoms with van der Waals surface area (Å²) in [6, 6.07) is 26.0. The molecule has 0 unspecified atom stereocenters. The zero-order valence-corrected chi connectivity index (χ0v) is 16.4. The largest absolute Gasteiger partial charge is 0.273 e. The number of carbonyl (C=O) groups is 2. The Morgan fingerprint density at radius 3 is 2.17 bits per heavy atom. The van der Waals surface area contributed by atoms with E-state index in [0.717, 1.165) is 16.8 Å². The van der Waals surface area contributed by atoms with Crippen molar-refractivity contribution in [1.82, 2.24) is 20.6 Å². The first-order valence-electron chi connectivity index (χ1n) is 9.50. The number of para-hydroxylation sites is 1. The normalized spacial score (nSPS) is 10.4. The molecule has 0 aliphatic carbocycles. The molecule has 1 heterocycles. The number of aryl methyl sites for hydroxylation is 1. The Hall–Kier alpha value is -4.19. The van der Waals surface area contributed by atoms with E-state index in [1.165, 1.54) is 0 Å². The van der Waals surface area contributed by atoms with Gasteiger partial charge in [0.15, 0.2) is 0 Å². The fourth-order valence-corrected chi connectivity index (χ4v) is 3.10. The Morgan fingerprint density at radius 2 is 1.47 bits per heavy atom. The van der Waals surface area contributed by atoms with Gasteiger partial charge in [0.2, 0.25) is 0 Å². The van der Waals surface area contributed by atoms with Crippen molar-refractivity contribution in [3.05, 3.63) is 108 Å². The van der Waals surface area contributed by atoms with Crippen molar-refractivity contribution in [3.8, 4) is 16.9 Å². The van der Waals surface area contributed by atoms with Gasteiger partial charge in [0.1, 0.15) is 5.69 Å². The molecule has 30 heavy (non-hydrogen) atoms. The Labute approximate surface area is 174 Å². The van der Waals surface area contributed by atoms with Crippen LogP contribution in [0.3, 0.4) is 0 Å². The van der Waals surface area contributed by atoms with E-state index in [1.807, 2.05) is 67.6 Å². The summed E-state index contributed by atoms with van der Waals surface area (Å²) in [5.41, 5.74) is 9.02. The Morgan fingerprint density at radius 1 is 0.800 bits per heavy atom. The summed E-state index contributed by atoms with van der Waals surface area (Å²) in [6.07, 6.45) is 1.66. The van der Waals surface area contributed by atoms with Crippen LogP contribution in [0.2, 0.25) is 0 Å². The lowest BCUT2D eigenvalue weighted by Gasteiger charge is -2.07. The molecule has 0 bridgehead atoms. The first kappa shape index (κ1) is 19.1. The topological polar surface area (TPSA) is 76.0 Å². The van der Waals surface area contributed by atoms with E-state index < -0.39 is 11.8 Å². The highest BCUT2D eigenvalue weighted by Gasteiger charge is 2.19. The number of hydrogen-bond acceptors (Lipinski definition) is 3. The first-order chi connectivity index (χ1) is 14.6. The van der Waals surface area contributed by atoms with Crippen LogP contribution in [0.5, 0.6) is 0 Å². The fraction of sp³-hybridized carbons (Fsp3) is 0.0417. The molecule has 0 saturated carbocycles. The smallest absolute Gasteiger partial charge is 0.267 e. The zero-order valence-electron chi connectivity index (χ0n) is 16.4. The van der Waals surface area contributed by atoms with Crippen molar-refractivity contribution in [2.45, 2.75) is 6.92 Å². The van der Waals surface area contributed by atoms with Crippen LogP contribution in [0, 0.1) is 6.92 Å². The molecular formula is C24H20N4O2. The van der Waals surface area contributed by atoms with E-state index >= 15 is 0 Å². The number of nitrogens with one attached hydrogen (secondary N) is 2. The summed E-state index contributed by atoms with van der Waals surface area (Å²) in [6.45, 7) is 1.98. The minimum absolute atomic E-state index is 0.359. The van der Waals surface area contributed by atoms with Crippen LogP contribution < -0.4 is 10.9 Å². The van der Waals surface area contributed by atoms with Crippen molar-refractivity contribution in [2.75, 3.05) is 0 Å². The highest BCUT2D eigenvalue weighted by molar-refractivity contribution is 6.02. The molecule has 0 fully saturated rings. The van der Waals surface area contributed by atoms with Gasteiger partial charge in [-0.15, -0.1) is 0 Å². The third-order valence-corrected chi connectivity index (χ3v) is 4.60. The van der Waals surface area contributed by atoms with E-state index in [1.54, 1.807) is 35.1 Å². The van der Waals surface area contributed by atoms with E-state index in [9.17, 15) is 9.59 Å². The van der Waals surface area contributed by atoms with E-state index in [4.69, 9.17) is 0 Å². The fourth-order valence-electron chi connectivity index (χ4n) is 3.10. The van der Waals surface area contributed by atoms with Gasteiger partial charge in [-0.05, 0) is 37.3 Å². The number of hydrogen-bond donors (Lipinski definition) is 2. The van der Waals surface area contributed by atoms with Crippen LogP contribution in [0.1, 0.15) is 26.3 Å². The summed E-state index contributed by atoms with van der Waals surface area (Å²) in [4.78, 5) is 25.2. The number of aromatic nitrogens is 2. The molecule has 6 heteroatoms. The Kier molecular flexibility index (Phi) is 5.39. The average Bonchev–Trinajstić information content (AvgIpc) is 3.24. The molecule has 148 valence electrons. The third-order valence-electron chi connectivity index (χ3n) is 4.60. The van der Waals surface area contributed by atoms with Gasteiger partial charge in [-0.3, -0.25) is 20.4 Å². The second-order valence-electron chi connectivity index (χ2n) is 6.82. The lowest BCUT2D eigenvalue weighted by atomic mass is 10.1. The van der Waals surface area contributed by atoms with Gasteiger partial charge in [0.25, 0.3) is 11.8 Å². The lowest BCUT2D eigenvalue weighted by Crippen LogP contribution is -2.41. The summed E-state index contributed by atoms with van der Waals surface area (Å²) in [5.74, 6) is -0.838. The zero-order chi connectivity index (χ0) is 20.9. The standard InChI is InChI=1S/C24H20N4O2/c1-17-9-8-12-19(15-17)22-21(16-28(27-22)20-13-6-3-7-14-20)24(30)26-25-23(29)18-10-4-2-5-11-18/h2-16H,1H3,(H,25,29)(H,26,30). The molecule has 2 N–H and O–H groups in total. The molecule has 1 aromatic heterocycles. The molecule has 0 radical (unpaired) electrons. The molecule has 4 rings (SSSR count). The van der Waals surface area contributed by atoms with Gasteiger partial charge in [-0.25, -0.2) is 4.68 Å². The quantitative estimate of drug-likeness (QED) is 0.513. The molecule has 0 aliphatic heterocycles. The van der Waals surface area contributed by atoms with Gasteiger partial charge < -0.3 is 0 Å². The van der Waals surface area contributed by atoms with Crippen molar-refractivity contribution >= 4 is 11.8 Å². The number of carbonyl (C=O) groups excluding carboxylic acids is 2. The van der Waals surface area contributed by atoms with Crippen molar-refractivity contribution in [1.29, 1.82) is 0 Å². The highest BCUT2D eigenvalue weighted by Crippen LogP contribution is 2.24. The summed E-state index contributed by atoms with van der Waals surface area (Å²) < 4.78 is 1.66. The maximum Gasteiger partial charge on any atom is 0.273 e. The molecule has 3 aromatic carbocycles. The lowest BCUT2D eigenvalue weighted by molar-refractivity contribution is 0.0847. The SMILES string of the molecule is Cc1cccc(-c2nn(-c3ccccc3)cc2C(=O)NNC(=O)c2ccccc2)c1. The number of rotatable bonds is 4. The highest BCUT2D eigenvalue weighted by atomic mass is 16.2. The Bertz CT molecular complexity index is 1180. The first-order valence-corrected chi connectivity index (χ1v) is 9.50. The number of benzene rings is 3.